The summed E-state index contributed by atoms with van der Waals surface area (Å²) in [5, 5.41) is 18.7. The lowest BCUT2D eigenvalue weighted by atomic mass is 9.98. The van der Waals surface area contributed by atoms with Gasteiger partial charge in [0.05, 0.1) is 5.92 Å². The van der Waals surface area contributed by atoms with Crippen LogP contribution in [-0.2, 0) is 16.1 Å². The van der Waals surface area contributed by atoms with Gasteiger partial charge in [-0.1, -0.05) is 36.4 Å². The lowest BCUT2D eigenvalue weighted by Gasteiger charge is -2.23. The Balaban J connectivity index is 1.92. The topological polar surface area (TPSA) is 104 Å². The molecule has 2 aromatic carbocycles. The van der Waals surface area contributed by atoms with E-state index in [2.05, 4.69) is 0 Å². The van der Waals surface area contributed by atoms with Gasteiger partial charge in [0, 0.05) is 18.8 Å². The summed E-state index contributed by atoms with van der Waals surface area (Å²) < 4.78 is 0. The summed E-state index contributed by atoms with van der Waals surface area (Å²) in [6, 6.07) is 14.5. The Labute approximate surface area is 145 Å². The second kappa shape index (κ2) is 6.94. The molecular formula is C19H20N2O4. The van der Waals surface area contributed by atoms with Gasteiger partial charge in [-0.05, 0) is 35.2 Å². The van der Waals surface area contributed by atoms with Gasteiger partial charge in [-0.25, -0.2) is 0 Å². The van der Waals surface area contributed by atoms with Crippen molar-refractivity contribution < 1.29 is 19.8 Å². The smallest absolute Gasteiger partial charge is 0.320 e. The first-order valence-electron chi connectivity index (χ1n) is 8.09. The van der Waals surface area contributed by atoms with E-state index in [4.69, 9.17) is 5.73 Å². The zero-order valence-electron chi connectivity index (χ0n) is 13.6. The SMILES string of the molecule is Nc1ccc(CN2CC(C(=O)O)CC2C(=O)O)c(-c2ccccc2)c1. The zero-order chi connectivity index (χ0) is 18.0. The molecule has 0 radical (unpaired) electrons. The largest absolute Gasteiger partial charge is 0.481 e. The quantitative estimate of drug-likeness (QED) is 0.722. The fourth-order valence-electron chi connectivity index (χ4n) is 3.35. The summed E-state index contributed by atoms with van der Waals surface area (Å²) in [5.41, 5.74) is 9.41. The number of hydrogen-bond acceptors (Lipinski definition) is 4. The molecule has 1 aliphatic heterocycles. The van der Waals surface area contributed by atoms with Crippen molar-refractivity contribution in [3.63, 3.8) is 0 Å². The van der Waals surface area contributed by atoms with E-state index in [9.17, 15) is 19.8 Å². The van der Waals surface area contributed by atoms with E-state index in [-0.39, 0.29) is 13.0 Å². The van der Waals surface area contributed by atoms with E-state index in [1.165, 1.54) is 0 Å². The van der Waals surface area contributed by atoms with Gasteiger partial charge in [-0.15, -0.1) is 0 Å². The number of rotatable bonds is 5. The monoisotopic (exact) mass is 340 g/mol. The second-order valence-electron chi connectivity index (χ2n) is 6.34. The Morgan fingerprint density at radius 1 is 1.08 bits per heavy atom. The first kappa shape index (κ1) is 17.0. The van der Waals surface area contributed by atoms with Crippen LogP contribution < -0.4 is 5.73 Å². The number of carboxylic acids is 2. The highest BCUT2D eigenvalue weighted by Gasteiger charge is 2.40. The molecule has 1 fully saturated rings. The minimum absolute atomic E-state index is 0.125. The molecule has 0 spiro atoms. The maximum Gasteiger partial charge on any atom is 0.320 e. The van der Waals surface area contributed by atoms with E-state index < -0.39 is 23.9 Å². The van der Waals surface area contributed by atoms with Crippen molar-refractivity contribution in [2.45, 2.75) is 19.0 Å². The van der Waals surface area contributed by atoms with Crippen molar-refractivity contribution in [1.82, 2.24) is 4.90 Å². The van der Waals surface area contributed by atoms with Gasteiger partial charge in [0.25, 0.3) is 0 Å². The molecule has 0 aromatic heterocycles. The van der Waals surface area contributed by atoms with Gasteiger partial charge in [0.15, 0.2) is 0 Å². The van der Waals surface area contributed by atoms with E-state index in [0.717, 1.165) is 16.7 Å². The number of hydrogen-bond donors (Lipinski definition) is 3. The zero-order valence-corrected chi connectivity index (χ0v) is 13.6. The molecular weight excluding hydrogens is 320 g/mol. The Kier molecular flexibility index (Phi) is 4.72. The van der Waals surface area contributed by atoms with Gasteiger partial charge >= 0.3 is 11.9 Å². The number of likely N-dealkylation sites (tertiary alicyclic amines) is 1. The van der Waals surface area contributed by atoms with Crippen LogP contribution in [0.5, 0.6) is 0 Å². The molecule has 2 atom stereocenters. The third-order valence-corrected chi connectivity index (χ3v) is 4.63. The highest BCUT2D eigenvalue weighted by Crippen LogP contribution is 2.31. The van der Waals surface area contributed by atoms with Crippen LogP contribution in [0.25, 0.3) is 11.1 Å². The van der Waals surface area contributed by atoms with E-state index in [0.29, 0.717) is 12.2 Å². The van der Waals surface area contributed by atoms with E-state index in [1.54, 1.807) is 11.0 Å². The predicted molar refractivity (Wildman–Crippen MR) is 93.9 cm³/mol. The van der Waals surface area contributed by atoms with Crippen molar-refractivity contribution in [2.75, 3.05) is 12.3 Å². The highest BCUT2D eigenvalue weighted by atomic mass is 16.4. The lowest BCUT2D eigenvalue weighted by Crippen LogP contribution is -2.35. The maximum absolute atomic E-state index is 11.5. The first-order chi connectivity index (χ1) is 12.0. The van der Waals surface area contributed by atoms with Crippen LogP contribution in [-0.4, -0.2) is 39.6 Å². The van der Waals surface area contributed by atoms with Crippen molar-refractivity contribution >= 4 is 17.6 Å². The van der Waals surface area contributed by atoms with Crippen LogP contribution in [0.4, 0.5) is 5.69 Å². The first-order valence-corrected chi connectivity index (χ1v) is 8.09. The third kappa shape index (κ3) is 3.64. The summed E-state index contributed by atoms with van der Waals surface area (Å²) in [6.45, 7) is 0.593. The highest BCUT2D eigenvalue weighted by molar-refractivity contribution is 5.78. The number of nitrogen functional groups attached to an aromatic ring is 1. The number of aliphatic carboxylic acids is 2. The normalized spacial score (nSPS) is 20.5. The van der Waals surface area contributed by atoms with Gasteiger partial charge in [-0.3, -0.25) is 14.5 Å². The average Bonchev–Trinajstić information content (AvgIpc) is 3.02. The molecule has 0 bridgehead atoms. The van der Waals surface area contributed by atoms with Crippen molar-refractivity contribution in [2.24, 2.45) is 5.92 Å². The number of carbonyl (C=O) groups is 2. The summed E-state index contributed by atoms with van der Waals surface area (Å²) in [5.74, 6) is -2.59. The predicted octanol–water partition coefficient (Wildman–Crippen LogP) is 2.30. The second-order valence-corrected chi connectivity index (χ2v) is 6.34. The lowest BCUT2D eigenvalue weighted by molar-refractivity contribution is -0.142. The molecule has 0 amide bonds. The van der Waals surface area contributed by atoms with Gasteiger partial charge in [0.1, 0.15) is 6.04 Å². The molecule has 6 nitrogen and oxygen atoms in total. The van der Waals surface area contributed by atoms with Crippen molar-refractivity contribution in [1.29, 1.82) is 0 Å². The molecule has 2 unspecified atom stereocenters. The molecule has 3 rings (SSSR count). The molecule has 0 aliphatic carbocycles. The summed E-state index contributed by atoms with van der Waals surface area (Å²) in [4.78, 5) is 24.5. The molecule has 130 valence electrons. The summed E-state index contributed by atoms with van der Waals surface area (Å²) in [6.07, 6.45) is 0.125. The Morgan fingerprint density at radius 3 is 2.44 bits per heavy atom. The summed E-state index contributed by atoms with van der Waals surface area (Å²) >= 11 is 0. The van der Waals surface area contributed by atoms with Crippen molar-refractivity contribution in [3.8, 4) is 11.1 Å². The fourth-order valence-corrected chi connectivity index (χ4v) is 3.35. The number of nitrogens with zero attached hydrogens (tertiary/aromatic N) is 1. The van der Waals surface area contributed by atoms with Crippen molar-refractivity contribution in [3.05, 3.63) is 54.1 Å². The van der Waals surface area contributed by atoms with E-state index >= 15 is 0 Å². The Hall–Kier alpha value is -2.86. The molecule has 25 heavy (non-hydrogen) atoms. The fraction of sp³-hybridized carbons (Fsp3) is 0.263. The number of benzene rings is 2. The number of nitrogens with two attached hydrogens (primary N) is 1. The van der Waals surface area contributed by atoms with E-state index in [1.807, 2.05) is 42.5 Å². The number of carboxylic acid groups (broad SMARTS) is 2. The van der Waals surface area contributed by atoms with Crippen LogP contribution in [0.3, 0.4) is 0 Å². The maximum atomic E-state index is 11.5. The molecule has 1 aliphatic rings. The standard InChI is InChI=1S/C19H20N2O4/c20-15-7-6-13(16(9-15)12-4-2-1-3-5-12)10-21-11-14(18(22)23)8-17(21)19(24)25/h1-7,9,14,17H,8,10-11,20H2,(H,22,23)(H,24,25). The van der Waals surface area contributed by atoms with Crippen LogP contribution in [0.2, 0.25) is 0 Å². The molecule has 2 aromatic rings. The van der Waals surface area contributed by atoms with Gasteiger partial charge < -0.3 is 15.9 Å². The van der Waals surface area contributed by atoms with Gasteiger partial charge in [0.2, 0.25) is 0 Å². The third-order valence-electron chi connectivity index (χ3n) is 4.63. The van der Waals surface area contributed by atoms with Crippen LogP contribution >= 0.6 is 0 Å². The van der Waals surface area contributed by atoms with Gasteiger partial charge in [-0.2, -0.15) is 0 Å². The Bertz CT molecular complexity index is 791. The number of anilines is 1. The molecule has 0 saturated carbocycles. The Morgan fingerprint density at radius 2 is 1.80 bits per heavy atom. The molecule has 1 heterocycles. The molecule has 4 N–H and O–H groups in total. The van der Waals surface area contributed by atoms with Crippen LogP contribution in [0.15, 0.2) is 48.5 Å². The van der Waals surface area contributed by atoms with Crippen LogP contribution in [0.1, 0.15) is 12.0 Å². The average molecular weight is 340 g/mol. The minimum Gasteiger partial charge on any atom is -0.481 e. The van der Waals surface area contributed by atoms with Crippen LogP contribution in [0, 0.1) is 5.92 Å². The molecule has 1 saturated heterocycles. The minimum atomic E-state index is -0.986. The summed E-state index contributed by atoms with van der Waals surface area (Å²) in [7, 11) is 0. The molecule has 6 heteroatoms.